The molecule has 1 aromatic heterocycles. The Labute approximate surface area is 169 Å². The monoisotopic (exact) mass is 383 g/mol. The van der Waals surface area contributed by atoms with Crippen LogP contribution < -0.4 is 15.4 Å². The van der Waals surface area contributed by atoms with Crippen molar-refractivity contribution in [2.45, 2.75) is 13.5 Å². The van der Waals surface area contributed by atoms with Crippen LogP contribution in [0.15, 0.2) is 85.1 Å². The second kappa shape index (κ2) is 8.84. The zero-order valence-electron chi connectivity index (χ0n) is 16.0. The molecule has 0 fully saturated rings. The standard InChI is InChI=1S/C23H21N5O/c1-17-6-5-7-18(14-17)15-24-22-16-25-28-23(27-22)26-19-10-12-21(13-11-19)29-20-8-3-2-4-9-20/h2-14,16H,15H2,1H3,(H2,24,26,27,28). The minimum absolute atomic E-state index is 0.427. The fourth-order valence-electron chi connectivity index (χ4n) is 2.82. The van der Waals surface area contributed by atoms with Gasteiger partial charge in [-0.3, -0.25) is 0 Å². The van der Waals surface area contributed by atoms with Crippen LogP contribution in [0.4, 0.5) is 17.5 Å². The van der Waals surface area contributed by atoms with E-state index < -0.39 is 0 Å². The third-order valence-corrected chi connectivity index (χ3v) is 4.20. The third kappa shape index (κ3) is 5.29. The fourth-order valence-corrected chi connectivity index (χ4v) is 2.82. The van der Waals surface area contributed by atoms with E-state index in [2.05, 4.69) is 50.9 Å². The van der Waals surface area contributed by atoms with Gasteiger partial charge in [0, 0.05) is 12.2 Å². The average molecular weight is 383 g/mol. The maximum absolute atomic E-state index is 5.80. The Morgan fingerprint density at radius 1 is 0.862 bits per heavy atom. The summed E-state index contributed by atoms with van der Waals surface area (Å²) in [5.74, 6) is 2.64. The quantitative estimate of drug-likeness (QED) is 0.449. The highest BCUT2D eigenvalue weighted by Crippen LogP contribution is 2.23. The Morgan fingerprint density at radius 3 is 2.45 bits per heavy atom. The van der Waals surface area contributed by atoms with Crippen molar-refractivity contribution in [2.75, 3.05) is 10.6 Å². The van der Waals surface area contributed by atoms with Gasteiger partial charge in [0.25, 0.3) is 0 Å². The van der Waals surface area contributed by atoms with Gasteiger partial charge in [0.15, 0.2) is 5.82 Å². The summed E-state index contributed by atoms with van der Waals surface area (Å²) in [6.45, 7) is 2.75. The summed E-state index contributed by atoms with van der Waals surface area (Å²) in [6.07, 6.45) is 1.61. The molecule has 0 unspecified atom stereocenters. The second-order valence-corrected chi connectivity index (χ2v) is 6.57. The zero-order chi connectivity index (χ0) is 19.9. The molecule has 0 amide bonds. The molecule has 0 radical (unpaired) electrons. The minimum Gasteiger partial charge on any atom is -0.457 e. The van der Waals surface area contributed by atoms with Gasteiger partial charge in [-0.25, -0.2) is 0 Å². The molecule has 0 atom stereocenters. The van der Waals surface area contributed by atoms with Crippen molar-refractivity contribution in [1.29, 1.82) is 0 Å². The number of rotatable bonds is 7. The van der Waals surface area contributed by atoms with Crippen molar-refractivity contribution >= 4 is 17.5 Å². The first-order chi connectivity index (χ1) is 14.2. The predicted molar refractivity (Wildman–Crippen MR) is 115 cm³/mol. The molecule has 1 heterocycles. The van der Waals surface area contributed by atoms with E-state index >= 15 is 0 Å². The molecule has 0 bridgehead atoms. The lowest BCUT2D eigenvalue weighted by molar-refractivity contribution is 0.483. The highest BCUT2D eigenvalue weighted by atomic mass is 16.5. The molecule has 0 spiro atoms. The van der Waals surface area contributed by atoms with Crippen LogP contribution in [0.25, 0.3) is 0 Å². The molecule has 0 saturated heterocycles. The van der Waals surface area contributed by atoms with E-state index in [9.17, 15) is 0 Å². The van der Waals surface area contributed by atoms with Crippen LogP contribution in [0.3, 0.4) is 0 Å². The van der Waals surface area contributed by atoms with Crippen molar-refractivity contribution < 1.29 is 4.74 Å². The first-order valence-electron chi connectivity index (χ1n) is 9.34. The lowest BCUT2D eigenvalue weighted by atomic mass is 10.1. The molecule has 3 aromatic carbocycles. The number of hydrogen-bond acceptors (Lipinski definition) is 6. The van der Waals surface area contributed by atoms with Gasteiger partial charge in [-0.05, 0) is 48.9 Å². The molecule has 6 heteroatoms. The lowest BCUT2D eigenvalue weighted by Crippen LogP contribution is -2.05. The molecule has 29 heavy (non-hydrogen) atoms. The fraction of sp³-hybridized carbons (Fsp3) is 0.0870. The summed E-state index contributed by atoms with van der Waals surface area (Å²) < 4.78 is 5.80. The van der Waals surface area contributed by atoms with Gasteiger partial charge in [-0.1, -0.05) is 48.0 Å². The molecule has 0 saturated carbocycles. The Morgan fingerprint density at radius 2 is 1.66 bits per heavy atom. The number of ether oxygens (including phenoxy) is 1. The number of benzene rings is 3. The maximum atomic E-state index is 5.80. The molecule has 144 valence electrons. The summed E-state index contributed by atoms with van der Waals surface area (Å²) in [4.78, 5) is 4.47. The first-order valence-corrected chi connectivity index (χ1v) is 9.34. The summed E-state index contributed by atoms with van der Waals surface area (Å²) in [5.41, 5.74) is 3.27. The van der Waals surface area contributed by atoms with E-state index in [4.69, 9.17) is 4.74 Å². The van der Waals surface area contributed by atoms with Crippen LogP contribution in [-0.4, -0.2) is 15.2 Å². The van der Waals surface area contributed by atoms with Gasteiger partial charge < -0.3 is 15.4 Å². The normalized spacial score (nSPS) is 10.4. The highest BCUT2D eigenvalue weighted by Gasteiger charge is 2.03. The van der Waals surface area contributed by atoms with Crippen molar-refractivity contribution in [3.05, 3.63) is 96.2 Å². The van der Waals surface area contributed by atoms with Crippen molar-refractivity contribution in [1.82, 2.24) is 15.2 Å². The van der Waals surface area contributed by atoms with Crippen molar-refractivity contribution in [2.24, 2.45) is 0 Å². The Bertz CT molecular complexity index is 1070. The molecular weight excluding hydrogens is 362 g/mol. The number of aromatic nitrogens is 3. The summed E-state index contributed by atoms with van der Waals surface area (Å²) in [6, 6.07) is 25.6. The average Bonchev–Trinajstić information content (AvgIpc) is 2.75. The third-order valence-electron chi connectivity index (χ3n) is 4.20. The van der Waals surface area contributed by atoms with E-state index in [1.165, 1.54) is 11.1 Å². The zero-order valence-corrected chi connectivity index (χ0v) is 16.0. The van der Waals surface area contributed by atoms with Gasteiger partial charge >= 0.3 is 0 Å². The topological polar surface area (TPSA) is 72.0 Å². The van der Waals surface area contributed by atoms with Gasteiger partial charge in [-0.15, -0.1) is 5.10 Å². The molecule has 4 aromatic rings. The number of anilines is 3. The Kier molecular flexibility index (Phi) is 5.62. The molecule has 4 rings (SSSR count). The van der Waals surface area contributed by atoms with Crippen LogP contribution >= 0.6 is 0 Å². The van der Waals surface area contributed by atoms with Gasteiger partial charge in [0.1, 0.15) is 11.5 Å². The smallest absolute Gasteiger partial charge is 0.249 e. The molecule has 0 aliphatic heterocycles. The van der Waals surface area contributed by atoms with Crippen LogP contribution in [-0.2, 0) is 6.54 Å². The van der Waals surface area contributed by atoms with Crippen LogP contribution in [0, 0.1) is 6.92 Å². The summed E-state index contributed by atoms with van der Waals surface area (Å²) in [5, 5.41) is 14.5. The van der Waals surface area contributed by atoms with Gasteiger partial charge in [0.05, 0.1) is 6.20 Å². The summed E-state index contributed by atoms with van der Waals surface area (Å²) in [7, 11) is 0. The van der Waals surface area contributed by atoms with E-state index in [-0.39, 0.29) is 0 Å². The number of hydrogen-bond donors (Lipinski definition) is 2. The number of nitrogens with one attached hydrogen (secondary N) is 2. The predicted octanol–water partition coefficient (Wildman–Crippen LogP) is 5.33. The molecule has 2 N–H and O–H groups in total. The largest absolute Gasteiger partial charge is 0.457 e. The van der Waals surface area contributed by atoms with E-state index in [0.29, 0.717) is 18.3 Å². The molecule has 6 nitrogen and oxygen atoms in total. The van der Waals surface area contributed by atoms with Crippen molar-refractivity contribution in [3.63, 3.8) is 0 Å². The van der Waals surface area contributed by atoms with Crippen molar-refractivity contribution in [3.8, 4) is 11.5 Å². The maximum Gasteiger partial charge on any atom is 0.249 e. The molecular formula is C23H21N5O. The van der Waals surface area contributed by atoms with Gasteiger partial charge in [0.2, 0.25) is 5.95 Å². The van der Waals surface area contributed by atoms with Gasteiger partial charge in [-0.2, -0.15) is 10.1 Å². The number of para-hydroxylation sites is 1. The lowest BCUT2D eigenvalue weighted by Gasteiger charge is -2.09. The van der Waals surface area contributed by atoms with Crippen LogP contribution in [0.1, 0.15) is 11.1 Å². The summed E-state index contributed by atoms with van der Waals surface area (Å²) >= 11 is 0. The SMILES string of the molecule is Cc1cccc(CNc2cnnc(Nc3ccc(Oc4ccccc4)cc3)n2)c1. The Balaban J connectivity index is 1.37. The first kappa shape index (κ1) is 18.4. The van der Waals surface area contributed by atoms with Crippen LogP contribution in [0.5, 0.6) is 11.5 Å². The van der Waals surface area contributed by atoms with E-state index in [0.717, 1.165) is 17.2 Å². The van der Waals surface area contributed by atoms with E-state index in [1.807, 2.05) is 60.7 Å². The number of aryl methyl sites for hydroxylation is 1. The molecule has 0 aliphatic rings. The van der Waals surface area contributed by atoms with Crippen LogP contribution in [0.2, 0.25) is 0 Å². The van der Waals surface area contributed by atoms with E-state index in [1.54, 1.807) is 6.20 Å². The number of nitrogens with zero attached hydrogens (tertiary/aromatic N) is 3. The highest BCUT2D eigenvalue weighted by molar-refractivity contribution is 5.55. The minimum atomic E-state index is 0.427. The second-order valence-electron chi connectivity index (χ2n) is 6.57. The molecule has 0 aliphatic carbocycles. The Hall–Kier alpha value is -3.93.